The monoisotopic (exact) mass is 316 g/mol. The fraction of sp³-hybridized carbons (Fsp3) is 0.368. The molecule has 0 unspecified atom stereocenters. The lowest BCUT2D eigenvalue weighted by molar-refractivity contribution is -0.693. The molecule has 0 amide bonds. The summed E-state index contributed by atoms with van der Waals surface area (Å²) in [6.07, 6.45) is -0.497. The van der Waals surface area contributed by atoms with Crippen molar-refractivity contribution in [3.63, 3.8) is 0 Å². The van der Waals surface area contributed by atoms with Gasteiger partial charge in [-0.25, -0.2) is 0 Å². The number of rotatable bonds is 9. The highest BCUT2D eigenvalue weighted by Crippen LogP contribution is 2.21. The van der Waals surface area contributed by atoms with Crippen LogP contribution in [0.4, 0.5) is 0 Å². The van der Waals surface area contributed by atoms with Gasteiger partial charge in [0.1, 0.15) is 31.0 Å². The van der Waals surface area contributed by atoms with Gasteiger partial charge in [0, 0.05) is 7.11 Å². The molecule has 124 valence electrons. The van der Waals surface area contributed by atoms with Crippen molar-refractivity contribution in [3.8, 4) is 16.9 Å². The average molecular weight is 316 g/mol. The second-order valence-electron chi connectivity index (χ2n) is 5.76. The third kappa shape index (κ3) is 6.02. The average Bonchev–Trinajstić information content (AvgIpc) is 2.59. The first-order valence-electron chi connectivity index (χ1n) is 7.97. The fourth-order valence-corrected chi connectivity index (χ4v) is 2.35. The Morgan fingerprint density at radius 2 is 1.61 bits per heavy atom. The van der Waals surface area contributed by atoms with Crippen LogP contribution in [-0.4, -0.2) is 44.1 Å². The van der Waals surface area contributed by atoms with Gasteiger partial charge in [0.25, 0.3) is 0 Å². The van der Waals surface area contributed by atoms with Crippen LogP contribution in [0.25, 0.3) is 11.1 Å². The van der Waals surface area contributed by atoms with Crippen molar-refractivity contribution in [2.75, 3.05) is 26.9 Å². The molecule has 23 heavy (non-hydrogen) atoms. The predicted octanol–water partition coefficient (Wildman–Crippen LogP) is 1.69. The number of ether oxygens (including phenoxy) is 2. The van der Waals surface area contributed by atoms with E-state index < -0.39 is 6.10 Å². The van der Waals surface area contributed by atoms with E-state index in [0.717, 1.165) is 11.3 Å². The minimum Gasteiger partial charge on any atom is -0.491 e. The van der Waals surface area contributed by atoms with Crippen molar-refractivity contribution < 1.29 is 19.9 Å². The molecule has 2 aromatic carbocycles. The molecule has 0 aliphatic rings. The summed E-state index contributed by atoms with van der Waals surface area (Å²) in [5.41, 5.74) is 2.33. The quantitative estimate of drug-likeness (QED) is 0.740. The van der Waals surface area contributed by atoms with Crippen LogP contribution in [0.5, 0.6) is 5.75 Å². The summed E-state index contributed by atoms with van der Waals surface area (Å²) in [6, 6.07) is 18.5. The van der Waals surface area contributed by atoms with Gasteiger partial charge in [-0.3, -0.25) is 0 Å². The lowest BCUT2D eigenvalue weighted by Crippen LogP contribution is -2.92. The highest BCUT2D eigenvalue weighted by molar-refractivity contribution is 5.63. The maximum atomic E-state index is 9.96. The minimum absolute atomic E-state index is 0.293. The molecule has 0 heterocycles. The zero-order chi connectivity index (χ0) is 16.5. The van der Waals surface area contributed by atoms with Crippen LogP contribution in [-0.2, 0) is 4.74 Å². The molecule has 4 heteroatoms. The van der Waals surface area contributed by atoms with Crippen molar-refractivity contribution in [1.82, 2.24) is 0 Å². The molecule has 0 aliphatic heterocycles. The van der Waals surface area contributed by atoms with Crippen molar-refractivity contribution in [1.29, 1.82) is 0 Å². The van der Waals surface area contributed by atoms with Gasteiger partial charge in [0.15, 0.2) is 0 Å². The standard InChI is InChI=1S/C19H25NO3/c1-15(13-22-2)20-12-18(21)14-23-19-10-8-17(9-11-19)16-6-4-3-5-7-16/h3-11,15,18,20-21H,12-14H2,1-2H3/p+1/t15-,18-/m0/s1. The van der Waals surface area contributed by atoms with E-state index >= 15 is 0 Å². The predicted molar refractivity (Wildman–Crippen MR) is 91.5 cm³/mol. The molecule has 2 aromatic rings. The molecule has 2 rings (SSSR count). The van der Waals surface area contributed by atoms with Gasteiger partial charge in [0.05, 0.1) is 6.61 Å². The van der Waals surface area contributed by atoms with E-state index in [0.29, 0.717) is 25.8 Å². The Labute approximate surface area is 138 Å². The minimum atomic E-state index is -0.497. The Hall–Kier alpha value is -1.88. The van der Waals surface area contributed by atoms with Gasteiger partial charge in [-0.15, -0.1) is 0 Å². The smallest absolute Gasteiger partial charge is 0.137 e. The summed E-state index contributed by atoms with van der Waals surface area (Å²) in [6.45, 7) is 3.64. The van der Waals surface area contributed by atoms with E-state index in [2.05, 4.69) is 24.4 Å². The molecule has 0 fully saturated rings. The van der Waals surface area contributed by atoms with Crippen LogP contribution < -0.4 is 10.1 Å². The van der Waals surface area contributed by atoms with Crippen LogP contribution in [0.1, 0.15) is 6.92 Å². The third-order valence-corrected chi connectivity index (χ3v) is 3.64. The number of methoxy groups -OCH3 is 1. The SMILES string of the molecule is COC[C@H](C)[NH2+]C[C@H](O)COc1ccc(-c2ccccc2)cc1. The normalized spacial score (nSPS) is 13.5. The largest absolute Gasteiger partial charge is 0.491 e. The van der Waals surface area contributed by atoms with E-state index in [9.17, 15) is 5.11 Å². The number of quaternary nitrogens is 1. The van der Waals surface area contributed by atoms with E-state index in [1.165, 1.54) is 5.56 Å². The number of aliphatic hydroxyl groups excluding tert-OH is 1. The maximum absolute atomic E-state index is 9.96. The van der Waals surface area contributed by atoms with E-state index in [4.69, 9.17) is 9.47 Å². The fourth-order valence-electron chi connectivity index (χ4n) is 2.35. The summed E-state index contributed by atoms with van der Waals surface area (Å²) in [4.78, 5) is 0. The number of hydrogen-bond donors (Lipinski definition) is 2. The first-order chi connectivity index (χ1) is 11.2. The molecular weight excluding hydrogens is 290 g/mol. The summed E-state index contributed by atoms with van der Waals surface area (Å²) in [5, 5.41) is 12.0. The van der Waals surface area contributed by atoms with Crippen molar-refractivity contribution in [2.45, 2.75) is 19.1 Å². The van der Waals surface area contributed by atoms with E-state index in [1.54, 1.807) is 7.11 Å². The Bertz CT molecular complexity index is 557. The highest BCUT2D eigenvalue weighted by Gasteiger charge is 2.11. The first kappa shape index (κ1) is 17.5. The highest BCUT2D eigenvalue weighted by atomic mass is 16.5. The summed E-state index contributed by atoms with van der Waals surface area (Å²) < 4.78 is 10.7. The lowest BCUT2D eigenvalue weighted by atomic mass is 10.1. The van der Waals surface area contributed by atoms with Crippen molar-refractivity contribution in [3.05, 3.63) is 54.6 Å². The van der Waals surface area contributed by atoms with Crippen molar-refractivity contribution >= 4 is 0 Å². The zero-order valence-corrected chi connectivity index (χ0v) is 13.8. The molecule has 4 nitrogen and oxygen atoms in total. The maximum Gasteiger partial charge on any atom is 0.137 e. The van der Waals surface area contributed by atoms with E-state index in [-0.39, 0.29) is 0 Å². The molecule has 0 bridgehead atoms. The van der Waals surface area contributed by atoms with Gasteiger partial charge >= 0.3 is 0 Å². The molecule has 0 radical (unpaired) electrons. The number of aliphatic hydroxyl groups is 1. The number of benzene rings is 2. The Morgan fingerprint density at radius 1 is 0.957 bits per heavy atom. The second-order valence-corrected chi connectivity index (χ2v) is 5.76. The molecule has 0 saturated carbocycles. The van der Waals surface area contributed by atoms with Gasteiger partial charge in [-0.1, -0.05) is 42.5 Å². The first-order valence-corrected chi connectivity index (χ1v) is 7.97. The molecule has 0 saturated heterocycles. The molecule has 0 aromatic heterocycles. The molecule has 0 spiro atoms. The van der Waals surface area contributed by atoms with Gasteiger partial charge in [0.2, 0.25) is 0 Å². The number of nitrogens with two attached hydrogens (primary N) is 1. The lowest BCUT2D eigenvalue weighted by Gasteiger charge is -2.14. The Balaban J connectivity index is 1.78. The summed E-state index contributed by atoms with van der Waals surface area (Å²) in [7, 11) is 1.68. The molecule has 3 N–H and O–H groups in total. The zero-order valence-electron chi connectivity index (χ0n) is 13.8. The third-order valence-electron chi connectivity index (χ3n) is 3.64. The van der Waals surface area contributed by atoms with Gasteiger partial charge < -0.3 is 19.9 Å². The van der Waals surface area contributed by atoms with Crippen LogP contribution >= 0.6 is 0 Å². The van der Waals surface area contributed by atoms with Crippen molar-refractivity contribution in [2.24, 2.45) is 0 Å². The Kier molecular flexibility index (Phi) is 7.07. The van der Waals surface area contributed by atoms with Crippen LogP contribution in [0.2, 0.25) is 0 Å². The number of hydrogen-bond acceptors (Lipinski definition) is 3. The van der Waals surface area contributed by atoms with Crippen LogP contribution in [0, 0.1) is 0 Å². The molecule has 0 aliphatic carbocycles. The van der Waals surface area contributed by atoms with Crippen LogP contribution in [0.15, 0.2) is 54.6 Å². The Morgan fingerprint density at radius 3 is 2.26 bits per heavy atom. The van der Waals surface area contributed by atoms with Gasteiger partial charge in [-0.05, 0) is 30.2 Å². The van der Waals surface area contributed by atoms with Crippen LogP contribution in [0.3, 0.4) is 0 Å². The summed E-state index contributed by atoms with van der Waals surface area (Å²) >= 11 is 0. The van der Waals surface area contributed by atoms with Gasteiger partial charge in [-0.2, -0.15) is 0 Å². The van der Waals surface area contributed by atoms with E-state index in [1.807, 2.05) is 42.5 Å². The molecular formula is C19H26NO3+. The topological polar surface area (TPSA) is 55.3 Å². The summed E-state index contributed by atoms with van der Waals surface area (Å²) in [5.74, 6) is 0.772. The molecule has 2 atom stereocenters. The second kappa shape index (κ2) is 9.30.